The van der Waals surface area contributed by atoms with Crippen molar-refractivity contribution in [2.75, 3.05) is 6.54 Å². The molecule has 0 bridgehead atoms. The quantitative estimate of drug-likeness (QED) is 0.696. The number of primary amides is 1. The smallest absolute Gasteiger partial charge is 0.369 e. The van der Waals surface area contributed by atoms with Crippen LogP contribution in [-0.4, -0.2) is 31.6 Å². The van der Waals surface area contributed by atoms with Crippen LogP contribution in [0.3, 0.4) is 0 Å². The number of nitrogens with one attached hydrogen (secondary N) is 1. The van der Waals surface area contributed by atoms with Gasteiger partial charge < -0.3 is 11.1 Å². The number of hydrogen-bond donors (Lipinski definition) is 3. The summed E-state index contributed by atoms with van der Waals surface area (Å²) in [6.45, 7) is 1.58. The van der Waals surface area contributed by atoms with Crippen molar-refractivity contribution in [3.63, 3.8) is 0 Å². The standard InChI is InChI=1S/C9H11NO3S.C3H4F3NO/c11-14(12,13)9-2-1-7-3-4-10-6-8(7)5-9;4-3(5,6)1-2(7)8/h1-2,5,10H,3-4,6H2,(H,11,12,13);1H2,(H2,7,8). The van der Waals surface area contributed by atoms with Gasteiger partial charge in [-0.05, 0) is 36.2 Å². The second-order valence-electron chi connectivity index (χ2n) is 4.59. The molecule has 6 nitrogen and oxygen atoms in total. The van der Waals surface area contributed by atoms with E-state index in [0.717, 1.165) is 24.1 Å². The second kappa shape index (κ2) is 7.07. The van der Waals surface area contributed by atoms with Gasteiger partial charge in [0, 0.05) is 6.54 Å². The van der Waals surface area contributed by atoms with E-state index in [9.17, 15) is 26.4 Å². The molecule has 0 aliphatic carbocycles. The zero-order valence-corrected chi connectivity index (χ0v) is 12.2. The van der Waals surface area contributed by atoms with Crippen LogP contribution < -0.4 is 11.1 Å². The zero-order chi connectivity index (χ0) is 17.0. The molecule has 1 aliphatic heterocycles. The van der Waals surface area contributed by atoms with Gasteiger partial charge in [-0.2, -0.15) is 21.6 Å². The van der Waals surface area contributed by atoms with Crippen LogP contribution in [0.4, 0.5) is 13.2 Å². The van der Waals surface area contributed by atoms with Gasteiger partial charge in [0.15, 0.2) is 0 Å². The number of halogens is 3. The minimum absolute atomic E-state index is 0.0278. The molecule has 22 heavy (non-hydrogen) atoms. The maximum absolute atomic E-state index is 11.0. The van der Waals surface area contributed by atoms with Gasteiger partial charge in [-0.15, -0.1) is 0 Å². The Morgan fingerprint density at radius 2 is 1.95 bits per heavy atom. The molecule has 0 unspecified atom stereocenters. The van der Waals surface area contributed by atoms with Crippen molar-refractivity contribution in [1.82, 2.24) is 5.32 Å². The van der Waals surface area contributed by atoms with Crippen LogP contribution in [-0.2, 0) is 27.9 Å². The maximum atomic E-state index is 11.0. The van der Waals surface area contributed by atoms with Crippen LogP contribution in [0.5, 0.6) is 0 Å². The average Bonchev–Trinajstić information content (AvgIpc) is 2.35. The summed E-state index contributed by atoms with van der Waals surface area (Å²) < 4.78 is 63.6. The van der Waals surface area contributed by atoms with Gasteiger partial charge in [0.2, 0.25) is 5.91 Å². The number of nitrogens with two attached hydrogens (primary N) is 1. The summed E-state index contributed by atoms with van der Waals surface area (Å²) in [5.74, 6) is -1.35. The van der Waals surface area contributed by atoms with Gasteiger partial charge in [0.25, 0.3) is 10.1 Å². The van der Waals surface area contributed by atoms with Crippen LogP contribution in [0.1, 0.15) is 17.5 Å². The number of hydrogen-bond acceptors (Lipinski definition) is 4. The Labute approximate surface area is 125 Å². The third kappa shape index (κ3) is 6.41. The van der Waals surface area contributed by atoms with E-state index >= 15 is 0 Å². The molecule has 2 rings (SSSR count). The molecule has 0 spiro atoms. The van der Waals surface area contributed by atoms with Crippen molar-refractivity contribution in [2.45, 2.75) is 30.5 Å². The van der Waals surface area contributed by atoms with E-state index in [4.69, 9.17) is 4.55 Å². The Balaban J connectivity index is 0.000000261. The van der Waals surface area contributed by atoms with Gasteiger partial charge in [-0.25, -0.2) is 0 Å². The largest absolute Gasteiger partial charge is 0.397 e. The fourth-order valence-corrected chi connectivity index (χ4v) is 2.35. The highest BCUT2D eigenvalue weighted by Crippen LogP contribution is 2.19. The molecule has 0 saturated heterocycles. The first-order valence-electron chi connectivity index (χ1n) is 6.14. The third-order valence-corrected chi connectivity index (χ3v) is 3.59. The topological polar surface area (TPSA) is 109 Å². The van der Waals surface area contributed by atoms with Crippen molar-refractivity contribution in [3.05, 3.63) is 29.3 Å². The Morgan fingerprint density at radius 3 is 2.41 bits per heavy atom. The van der Waals surface area contributed by atoms with E-state index in [0.29, 0.717) is 6.54 Å². The monoisotopic (exact) mass is 340 g/mol. The molecule has 10 heteroatoms. The lowest BCUT2D eigenvalue weighted by Gasteiger charge is -2.17. The molecule has 1 aromatic rings. The number of rotatable bonds is 2. The number of amides is 1. The average molecular weight is 340 g/mol. The number of alkyl halides is 3. The van der Waals surface area contributed by atoms with Gasteiger partial charge in [0.1, 0.15) is 6.42 Å². The molecule has 0 radical (unpaired) electrons. The van der Waals surface area contributed by atoms with Crippen molar-refractivity contribution in [2.24, 2.45) is 5.73 Å². The lowest BCUT2D eigenvalue weighted by molar-refractivity contribution is -0.151. The molecule has 1 heterocycles. The highest BCUT2D eigenvalue weighted by molar-refractivity contribution is 7.85. The summed E-state index contributed by atoms with van der Waals surface area (Å²) in [5.41, 5.74) is 6.32. The molecular formula is C12H15F3N2O4S. The van der Waals surface area contributed by atoms with Crippen molar-refractivity contribution < 1.29 is 30.9 Å². The summed E-state index contributed by atoms with van der Waals surface area (Å²) in [7, 11) is -4.06. The lowest BCUT2D eigenvalue weighted by atomic mass is 10.0. The third-order valence-electron chi connectivity index (χ3n) is 2.74. The van der Waals surface area contributed by atoms with E-state index < -0.39 is 28.6 Å². The number of fused-ring (bicyclic) bond motifs is 1. The lowest BCUT2D eigenvalue weighted by Crippen LogP contribution is -2.23. The Morgan fingerprint density at radius 1 is 1.32 bits per heavy atom. The Kier molecular flexibility index (Phi) is 5.92. The van der Waals surface area contributed by atoms with Crippen LogP contribution in [0.25, 0.3) is 0 Å². The van der Waals surface area contributed by atoms with Crippen LogP contribution in [0.2, 0.25) is 0 Å². The van der Waals surface area contributed by atoms with E-state index in [1.807, 2.05) is 0 Å². The van der Waals surface area contributed by atoms with E-state index in [1.165, 1.54) is 12.1 Å². The molecular weight excluding hydrogens is 325 g/mol. The van der Waals surface area contributed by atoms with Crippen molar-refractivity contribution in [3.8, 4) is 0 Å². The number of carbonyl (C=O) groups is 1. The first-order chi connectivity index (χ1) is 9.99. The summed E-state index contributed by atoms with van der Waals surface area (Å²) in [6.07, 6.45) is -5.08. The highest BCUT2D eigenvalue weighted by atomic mass is 32.2. The first-order valence-corrected chi connectivity index (χ1v) is 7.58. The summed E-state index contributed by atoms with van der Waals surface area (Å²) >= 11 is 0. The Hall–Kier alpha value is -1.65. The predicted octanol–water partition coefficient (Wildman–Crippen LogP) is 1.00. The summed E-state index contributed by atoms with van der Waals surface area (Å²) in [4.78, 5) is 9.49. The van der Waals surface area contributed by atoms with Gasteiger partial charge >= 0.3 is 6.18 Å². The van der Waals surface area contributed by atoms with Gasteiger partial charge in [0.05, 0.1) is 4.90 Å². The summed E-state index contributed by atoms with van der Waals surface area (Å²) in [6, 6.07) is 4.73. The minimum atomic E-state index is -4.45. The molecule has 0 fully saturated rings. The minimum Gasteiger partial charge on any atom is -0.369 e. The molecule has 0 aromatic heterocycles. The molecule has 1 aromatic carbocycles. The van der Waals surface area contributed by atoms with Crippen LogP contribution in [0, 0.1) is 0 Å². The zero-order valence-electron chi connectivity index (χ0n) is 11.4. The molecule has 1 amide bonds. The second-order valence-corrected chi connectivity index (χ2v) is 6.01. The normalized spacial score (nSPS) is 14.5. The number of carbonyl (C=O) groups excluding carboxylic acids is 1. The van der Waals surface area contributed by atoms with Crippen LogP contribution in [0.15, 0.2) is 23.1 Å². The first kappa shape index (κ1) is 18.4. The Bertz CT molecular complexity index is 644. The highest BCUT2D eigenvalue weighted by Gasteiger charge is 2.29. The van der Waals surface area contributed by atoms with E-state index in [2.05, 4.69) is 11.1 Å². The fourth-order valence-electron chi connectivity index (χ4n) is 1.81. The molecule has 0 saturated carbocycles. The van der Waals surface area contributed by atoms with Crippen LogP contribution >= 0.6 is 0 Å². The van der Waals surface area contributed by atoms with Gasteiger partial charge in [-0.3, -0.25) is 9.35 Å². The van der Waals surface area contributed by atoms with Crippen molar-refractivity contribution >= 4 is 16.0 Å². The maximum Gasteiger partial charge on any atom is 0.397 e. The SMILES string of the molecule is NC(=O)CC(F)(F)F.O=S(=O)(O)c1ccc2c(c1)CNCC2. The fraction of sp³-hybridized carbons (Fsp3) is 0.417. The molecule has 1 aliphatic rings. The van der Waals surface area contributed by atoms with E-state index in [-0.39, 0.29) is 4.90 Å². The predicted molar refractivity (Wildman–Crippen MR) is 71.5 cm³/mol. The molecule has 124 valence electrons. The van der Waals surface area contributed by atoms with Crippen molar-refractivity contribution in [1.29, 1.82) is 0 Å². The molecule has 0 atom stereocenters. The van der Waals surface area contributed by atoms with E-state index in [1.54, 1.807) is 6.07 Å². The summed E-state index contributed by atoms with van der Waals surface area (Å²) in [5, 5.41) is 3.14. The number of benzene rings is 1. The molecule has 4 N–H and O–H groups in total. The van der Waals surface area contributed by atoms with Gasteiger partial charge in [-0.1, -0.05) is 6.07 Å².